The third-order valence-corrected chi connectivity index (χ3v) is 5.11. The molecule has 1 aliphatic rings. The molecule has 0 heterocycles. The molecule has 0 spiro atoms. The van der Waals surface area contributed by atoms with Crippen LogP contribution in [0.4, 0.5) is 10.5 Å². The van der Waals surface area contributed by atoms with Crippen LogP contribution in [0.5, 0.6) is 0 Å². The van der Waals surface area contributed by atoms with E-state index in [-0.39, 0.29) is 11.8 Å². The van der Waals surface area contributed by atoms with E-state index in [0.717, 1.165) is 18.4 Å². The molecule has 1 aromatic rings. The van der Waals surface area contributed by atoms with Gasteiger partial charge in [0.25, 0.3) is 5.91 Å². The Balaban J connectivity index is 1.95. The van der Waals surface area contributed by atoms with E-state index in [2.05, 4.69) is 21.3 Å². The van der Waals surface area contributed by atoms with E-state index in [1.807, 2.05) is 13.8 Å². The van der Waals surface area contributed by atoms with Crippen molar-refractivity contribution in [1.82, 2.24) is 16.0 Å². The number of carbonyl (C=O) groups is 3. The predicted molar refractivity (Wildman–Crippen MR) is 110 cm³/mol. The summed E-state index contributed by atoms with van der Waals surface area (Å²) < 4.78 is 0. The SMILES string of the molecule is CCNC(=O)c1ccc(C)c(NC(=O)NC(C)(C)C(=O)NCC2CCCC2)c1. The molecule has 1 fully saturated rings. The normalized spacial score (nSPS) is 14.4. The fraction of sp³-hybridized carbons (Fsp3) is 0.571. The van der Waals surface area contributed by atoms with E-state index < -0.39 is 11.6 Å². The van der Waals surface area contributed by atoms with Crippen molar-refractivity contribution in [3.63, 3.8) is 0 Å². The summed E-state index contributed by atoms with van der Waals surface area (Å²) in [5.74, 6) is 0.133. The standard InChI is InChI=1S/C21H32N4O3/c1-5-22-18(26)16-11-10-14(2)17(12-16)24-20(28)25-21(3,4)19(27)23-13-15-8-6-7-9-15/h10-12,15H,5-9,13H2,1-4H3,(H,22,26)(H,23,27)(H2,24,25,28). The Bertz CT molecular complexity index is 724. The molecule has 1 aliphatic carbocycles. The number of amides is 4. The molecule has 0 radical (unpaired) electrons. The quantitative estimate of drug-likeness (QED) is 0.578. The van der Waals surface area contributed by atoms with Gasteiger partial charge in [-0.3, -0.25) is 9.59 Å². The molecule has 1 aromatic carbocycles. The van der Waals surface area contributed by atoms with Crippen molar-refractivity contribution in [1.29, 1.82) is 0 Å². The lowest BCUT2D eigenvalue weighted by atomic mass is 10.0. The average Bonchev–Trinajstić information content (AvgIpc) is 3.14. The third kappa shape index (κ3) is 5.97. The van der Waals surface area contributed by atoms with Crippen molar-refractivity contribution in [2.24, 2.45) is 5.92 Å². The average molecular weight is 389 g/mol. The third-order valence-electron chi connectivity index (χ3n) is 5.11. The van der Waals surface area contributed by atoms with Crippen LogP contribution in [-0.4, -0.2) is 36.5 Å². The molecule has 7 nitrogen and oxygen atoms in total. The molecule has 4 N–H and O–H groups in total. The molecule has 0 unspecified atom stereocenters. The summed E-state index contributed by atoms with van der Waals surface area (Å²) in [5, 5.41) is 11.1. The highest BCUT2D eigenvalue weighted by Gasteiger charge is 2.30. The van der Waals surface area contributed by atoms with Gasteiger partial charge in [0.1, 0.15) is 5.54 Å². The first-order valence-corrected chi connectivity index (χ1v) is 9.99. The van der Waals surface area contributed by atoms with Crippen LogP contribution >= 0.6 is 0 Å². The van der Waals surface area contributed by atoms with Crippen LogP contribution in [0.1, 0.15) is 62.4 Å². The number of hydrogen-bond acceptors (Lipinski definition) is 3. The maximum absolute atomic E-state index is 12.5. The molecule has 0 aromatic heterocycles. The highest BCUT2D eigenvalue weighted by atomic mass is 16.2. The summed E-state index contributed by atoms with van der Waals surface area (Å²) >= 11 is 0. The minimum Gasteiger partial charge on any atom is -0.354 e. The van der Waals surface area contributed by atoms with Crippen molar-refractivity contribution in [2.45, 2.75) is 58.9 Å². The van der Waals surface area contributed by atoms with Crippen molar-refractivity contribution < 1.29 is 14.4 Å². The number of carbonyl (C=O) groups excluding carboxylic acids is 3. The topological polar surface area (TPSA) is 99.3 Å². The van der Waals surface area contributed by atoms with Crippen LogP contribution in [-0.2, 0) is 4.79 Å². The molecule has 4 amide bonds. The summed E-state index contributed by atoms with van der Waals surface area (Å²) in [4.78, 5) is 36.9. The zero-order valence-electron chi connectivity index (χ0n) is 17.3. The number of hydrogen-bond donors (Lipinski definition) is 4. The maximum Gasteiger partial charge on any atom is 0.320 e. The van der Waals surface area contributed by atoms with Gasteiger partial charge in [0.2, 0.25) is 5.91 Å². The molecule has 7 heteroatoms. The lowest BCUT2D eigenvalue weighted by molar-refractivity contribution is -0.126. The molecule has 1 saturated carbocycles. The van der Waals surface area contributed by atoms with Gasteiger partial charge in [-0.15, -0.1) is 0 Å². The number of nitrogens with one attached hydrogen (secondary N) is 4. The first-order chi connectivity index (χ1) is 13.2. The number of aryl methyl sites for hydroxylation is 1. The highest BCUT2D eigenvalue weighted by molar-refractivity contribution is 5.99. The van der Waals surface area contributed by atoms with E-state index in [9.17, 15) is 14.4 Å². The molecule has 0 atom stereocenters. The fourth-order valence-corrected chi connectivity index (χ4v) is 3.33. The number of benzene rings is 1. The van der Waals surface area contributed by atoms with Gasteiger partial charge < -0.3 is 21.3 Å². The van der Waals surface area contributed by atoms with Gasteiger partial charge in [-0.1, -0.05) is 18.9 Å². The Morgan fingerprint density at radius 2 is 1.79 bits per heavy atom. The van der Waals surface area contributed by atoms with E-state index in [1.165, 1.54) is 12.8 Å². The van der Waals surface area contributed by atoms with Crippen LogP contribution in [0.3, 0.4) is 0 Å². The zero-order valence-corrected chi connectivity index (χ0v) is 17.3. The fourth-order valence-electron chi connectivity index (χ4n) is 3.33. The van der Waals surface area contributed by atoms with Gasteiger partial charge in [-0.05, 0) is 64.2 Å². The summed E-state index contributed by atoms with van der Waals surface area (Å²) in [6.45, 7) is 8.22. The molecule has 0 aliphatic heterocycles. The minimum absolute atomic E-state index is 0.197. The molecule has 154 valence electrons. The van der Waals surface area contributed by atoms with Crippen molar-refractivity contribution >= 4 is 23.5 Å². The molecule has 28 heavy (non-hydrogen) atoms. The van der Waals surface area contributed by atoms with Crippen LogP contribution in [0.15, 0.2) is 18.2 Å². The Labute approximate surface area is 167 Å². The second-order valence-electron chi connectivity index (χ2n) is 7.95. The Morgan fingerprint density at radius 3 is 2.43 bits per heavy atom. The summed E-state index contributed by atoms with van der Waals surface area (Å²) in [5.41, 5.74) is 0.778. The highest BCUT2D eigenvalue weighted by Crippen LogP contribution is 2.24. The smallest absolute Gasteiger partial charge is 0.320 e. The van der Waals surface area contributed by atoms with E-state index in [4.69, 9.17) is 0 Å². The monoisotopic (exact) mass is 388 g/mol. The van der Waals surface area contributed by atoms with Gasteiger partial charge in [-0.25, -0.2) is 4.79 Å². The lowest BCUT2D eigenvalue weighted by Crippen LogP contribution is -2.56. The van der Waals surface area contributed by atoms with Crippen molar-refractivity contribution in [3.05, 3.63) is 29.3 Å². The largest absolute Gasteiger partial charge is 0.354 e. The van der Waals surface area contributed by atoms with Crippen LogP contribution < -0.4 is 21.3 Å². The summed E-state index contributed by atoms with van der Waals surface area (Å²) in [7, 11) is 0. The van der Waals surface area contributed by atoms with E-state index >= 15 is 0 Å². The van der Waals surface area contributed by atoms with Gasteiger partial charge in [0.05, 0.1) is 0 Å². The van der Waals surface area contributed by atoms with Gasteiger partial charge in [0, 0.05) is 24.3 Å². The summed E-state index contributed by atoms with van der Waals surface area (Å²) in [6, 6.07) is 4.63. The van der Waals surface area contributed by atoms with Crippen LogP contribution in [0, 0.1) is 12.8 Å². The van der Waals surface area contributed by atoms with Crippen LogP contribution in [0.2, 0.25) is 0 Å². The number of rotatable bonds is 7. The maximum atomic E-state index is 12.5. The number of anilines is 1. The van der Waals surface area contributed by atoms with E-state index in [1.54, 1.807) is 32.0 Å². The van der Waals surface area contributed by atoms with Crippen molar-refractivity contribution in [3.8, 4) is 0 Å². The molecule has 0 saturated heterocycles. The number of urea groups is 1. The van der Waals surface area contributed by atoms with Gasteiger partial charge in [-0.2, -0.15) is 0 Å². The Morgan fingerprint density at radius 1 is 1.11 bits per heavy atom. The Kier molecular flexibility index (Phi) is 7.43. The minimum atomic E-state index is -1.05. The molecule has 0 bridgehead atoms. The van der Waals surface area contributed by atoms with Gasteiger partial charge in [0.15, 0.2) is 0 Å². The first kappa shape index (κ1) is 21.7. The first-order valence-electron chi connectivity index (χ1n) is 9.99. The molecular formula is C21H32N4O3. The molecule has 2 rings (SSSR count). The summed E-state index contributed by atoms with van der Waals surface area (Å²) in [6.07, 6.45) is 4.74. The lowest BCUT2D eigenvalue weighted by Gasteiger charge is -2.26. The Hall–Kier alpha value is -2.57. The second kappa shape index (κ2) is 9.57. The predicted octanol–water partition coefficient (Wildman–Crippen LogP) is 2.95. The second-order valence-corrected chi connectivity index (χ2v) is 7.95. The zero-order chi connectivity index (χ0) is 20.7. The van der Waals surface area contributed by atoms with Crippen LogP contribution in [0.25, 0.3) is 0 Å². The van der Waals surface area contributed by atoms with E-state index in [0.29, 0.717) is 30.3 Å². The molecular weight excluding hydrogens is 356 g/mol. The van der Waals surface area contributed by atoms with Gasteiger partial charge >= 0.3 is 6.03 Å². The van der Waals surface area contributed by atoms with Crippen molar-refractivity contribution in [2.75, 3.05) is 18.4 Å².